The van der Waals surface area contributed by atoms with Crippen LogP contribution in [0.3, 0.4) is 0 Å². The van der Waals surface area contributed by atoms with E-state index in [0.29, 0.717) is 5.54 Å². The summed E-state index contributed by atoms with van der Waals surface area (Å²) in [5.74, 6) is 0. The lowest BCUT2D eigenvalue weighted by atomic mass is 10.1. The van der Waals surface area contributed by atoms with E-state index in [4.69, 9.17) is 17.3 Å². The summed E-state index contributed by atoms with van der Waals surface area (Å²) >= 11 is 6.25. The van der Waals surface area contributed by atoms with E-state index in [9.17, 15) is 0 Å². The first-order valence-corrected chi connectivity index (χ1v) is 7.08. The van der Waals surface area contributed by atoms with E-state index in [0.717, 1.165) is 43.4 Å². The van der Waals surface area contributed by atoms with E-state index in [1.54, 1.807) is 0 Å². The van der Waals surface area contributed by atoms with Crippen LogP contribution < -0.4 is 10.6 Å². The SMILES string of the molecule is NCC1(N2CCN(c3ccccc3Cl)CC2)CC1. The first kappa shape index (κ1) is 12.3. The summed E-state index contributed by atoms with van der Waals surface area (Å²) in [5.41, 5.74) is 7.40. The number of nitrogens with zero attached hydrogens (tertiary/aromatic N) is 2. The van der Waals surface area contributed by atoms with Crippen LogP contribution in [0.15, 0.2) is 24.3 Å². The molecule has 0 bridgehead atoms. The largest absolute Gasteiger partial charge is 0.368 e. The molecule has 1 aromatic rings. The maximum atomic E-state index is 6.25. The van der Waals surface area contributed by atoms with Crippen molar-refractivity contribution in [3.05, 3.63) is 29.3 Å². The molecule has 1 aliphatic carbocycles. The Morgan fingerprint density at radius 1 is 1.11 bits per heavy atom. The van der Waals surface area contributed by atoms with Gasteiger partial charge in [-0.3, -0.25) is 4.90 Å². The van der Waals surface area contributed by atoms with Crippen molar-refractivity contribution in [2.24, 2.45) is 5.73 Å². The number of para-hydroxylation sites is 1. The van der Waals surface area contributed by atoms with Crippen LogP contribution in [0.1, 0.15) is 12.8 Å². The first-order chi connectivity index (χ1) is 8.75. The van der Waals surface area contributed by atoms with Gasteiger partial charge in [0.05, 0.1) is 10.7 Å². The number of halogens is 1. The van der Waals surface area contributed by atoms with Crippen LogP contribution in [0.4, 0.5) is 5.69 Å². The number of benzene rings is 1. The van der Waals surface area contributed by atoms with Crippen LogP contribution in [-0.2, 0) is 0 Å². The van der Waals surface area contributed by atoms with Gasteiger partial charge < -0.3 is 10.6 Å². The molecule has 1 aliphatic heterocycles. The number of hydrogen-bond acceptors (Lipinski definition) is 3. The molecule has 1 saturated heterocycles. The van der Waals surface area contributed by atoms with E-state index in [2.05, 4.69) is 21.9 Å². The summed E-state index contributed by atoms with van der Waals surface area (Å²) in [4.78, 5) is 4.95. The Labute approximate surface area is 114 Å². The van der Waals surface area contributed by atoms with Crippen LogP contribution in [0.2, 0.25) is 5.02 Å². The van der Waals surface area contributed by atoms with Gasteiger partial charge in [-0.25, -0.2) is 0 Å². The topological polar surface area (TPSA) is 32.5 Å². The van der Waals surface area contributed by atoms with Gasteiger partial charge in [-0.05, 0) is 25.0 Å². The molecule has 98 valence electrons. The molecule has 0 amide bonds. The molecule has 0 radical (unpaired) electrons. The molecule has 0 atom stereocenters. The third kappa shape index (κ3) is 2.11. The number of hydrogen-bond donors (Lipinski definition) is 1. The average Bonchev–Trinajstić information content (AvgIpc) is 3.21. The average molecular weight is 266 g/mol. The molecule has 2 aliphatic rings. The van der Waals surface area contributed by atoms with Crippen molar-refractivity contribution >= 4 is 17.3 Å². The minimum absolute atomic E-state index is 0.340. The summed E-state index contributed by atoms with van der Waals surface area (Å²) in [6, 6.07) is 8.10. The molecule has 4 heteroatoms. The van der Waals surface area contributed by atoms with Gasteiger partial charge in [-0.2, -0.15) is 0 Å². The molecular weight excluding hydrogens is 246 g/mol. The van der Waals surface area contributed by atoms with Crippen molar-refractivity contribution in [2.75, 3.05) is 37.6 Å². The van der Waals surface area contributed by atoms with Crippen LogP contribution in [0, 0.1) is 0 Å². The first-order valence-electron chi connectivity index (χ1n) is 6.70. The third-order valence-corrected chi connectivity index (χ3v) is 4.67. The molecule has 1 heterocycles. The highest BCUT2D eigenvalue weighted by atomic mass is 35.5. The van der Waals surface area contributed by atoms with Gasteiger partial charge in [0.2, 0.25) is 0 Å². The standard InChI is InChI=1S/C14H20ClN3/c15-12-3-1-2-4-13(12)17-7-9-18(10-8-17)14(11-16)5-6-14/h1-4H,5-11,16H2. The van der Waals surface area contributed by atoms with Crippen LogP contribution >= 0.6 is 11.6 Å². The van der Waals surface area contributed by atoms with Gasteiger partial charge in [-0.1, -0.05) is 23.7 Å². The summed E-state index contributed by atoms with van der Waals surface area (Å²) in [7, 11) is 0. The second kappa shape index (κ2) is 4.72. The third-order valence-electron chi connectivity index (χ3n) is 4.35. The lowest BCUT2D eigenvalue weighted by Gasteiger charge is -2.40. The highest BCUT2D eigenvalue weighted by Gasteiger charge is 2.47. The fourth-order valence-electron chi connectivity index (χ4n) is 2.92. The molecule has 0 spiro atoms. The second-order valence-electron chi connectivity index (χ2n) is 5.35. The molecular formula is C14H20ClN3. The minimum Gasteiger partial charge on any atom is -0.368 e. The van der Waals surface area contributed by atoms with Gasteiger partial charge in [0.25, 0.3) is 0 Å². The summed E-state index contributed by atoms with van der Waals surface area (Å²) in [5, 5.41) is 0.853. The normalized spacial score (nSPS) is 23.1. The Balaban J connectivity index is 1.65. The Morgan fingerprint density at radius 2 is 1.78 bits per heavy atom. The van der Waals surface area contributed by atoms with Gasteiger partial charge in [0, 0.05) is 38.3 Å². The quantitative estimate of drug-likeness (QED) is 0.907. The lowest BCUT2D eigenvalue weighted by molar-refractivity contribution is 0.171. The van der Waals surface area contributed by atoms with E-state index in [-0.39, 0.29) is 0 Å². The second-order valence-corrected chi connectivity index (χ2v) is 5.76. The number of anilines is 1. The van der Waals surface area contributed by atoms with E-state index < -0.39 is 0 Å². The van der Waals surface area contributed by atoms with E-state index in [1.165, 1.54) is 12.8 Å². The monoisotopic (exact) mass is 265 g/mol. The zero-order valence-electron chi connectivity index (χ0n) is 10.6. The van der Waals surface area contributed by atoms with E-state index >= 15 is 0 Å². The molecule has 0 aromatic heterocycles. The van der Waals surface area contributed by atoms with Crippen molar-refractivity contribution in [1.82, 2.24) is 4.90 Å². The Hall–Kier alpha value is -0.770. The molecule has 1 saturated carbocycles. The zero-order valence-corrected chi connectivity index (χ0v) is 11.4. The molecule has 0 unspecified atom stereocenters. The smallest absolute Gasteiger partial charge is 0.0639 e. The zero-order chi connectivity index (χ0) is 12.6. The van der Waals surface area contributed by atoms with Gasteiger partial charge in [-0.15, -0.1) is 0 Å². The lowest BCUT2D eigenvalue weighted by Crippen LogP contribution is -2.53. The fourth-order valence-corrected chi connectivity index (χ4v) is 3.18. The molecule has 18 heavy (non-hydrogen) atoms. The van der Waals surface area contributed by atoms with Crippen molar-refractivity contribution in [2.45, 2.75) is 18.4 Å². The Morgan fingerprint density at radius 3 is 2.33 bits per heavy atom. The van der Waals surface area contributed by atoms with E-state index in [1.807, 2.05) is 12.1 Å². The van der Waals surface area contributed by atoms with Gasteiger partial charge in [0.1, 0.15) is 0 Å². The summed E-state index contributed by atoms with van der Waals surface area (Å²) < 4.78 is 0. The van der Waals surface area contributed by atoms with Crippen molar-refractivity contribution in [3.8, 4) is 0 Å². The van der Waals surface area contributed by atoms with Crippen LogP contribution in [0.25, 0.3) is 0 Å². The number of piperazine rings is 1. The predicted octanol–water partition coefficient (Wildman–Crippen LogP) is 1.95. The van der Waals surface area contributed by atoms with Crippen LogP contribution in [-0.4, -0.2) is 43.2 Å². The summed E-state index contributed by atoms with van der Waals surface area (Å²) in [6.07, 6.45) is 2.55. The van der Waals surface area contributed by atoms with Gasteiger partial charge >= 0.3 is 0 Å². The summed E-state index contributed by atoms with van der Waals surface area (Å²) in [6.45, 7) is 5.10. The molecule has 2 fully saturated rings. The van der Waals surface area contributed by atoms with Crippen molar-refractivity contribution < 1.29 is 0 Å². The van der Waals surface area contributed by atoms with Crippen molar-refractivity contribution in [1.29, 1.82) is 0 Å². The Bertz CT molecular complexity index is 423. The molecule has 3 rings (SSSR count). The highest BCUT2D eigenvalue weighted by Crippen LogP contribution is 2.41. The maximum Gasteiger partial charge on any atom is 0.0639 e. The highest BCUT2D eigenvalue weighted by molar-refractivity contribution is 6.33. The van der Waals surface area contributed by atoms with Crippen molar-refractivity contribution in [3.63, 3.8) is 0 Å². The maximum absolute atomic E-state index is 6.25. The number of rotatable bonds is 3. The van der Waals surface area contributed by atoms with Crippen LogP contribution in [0.5, 0.6) is 0 Å². The molecule has 3 nitrogen and oxygen atoms in total. The van der Waals surface area contributed by atoms with Gasteiger partial charge in [0.15, 0.2) is 0 Å². The predicted molar refractivity (Wildman–Crippen MR) is 76.3 cm³/mol. The Kier molecular flexibility index (Phi) is 3.22. The fraction of sp³-hybridized carbons (Fsp3) is 0.571. The molecule has 1 aromatic carbocycles. The molecule has 2 N–H and O–H groups in total. The number of nitrogens with two attached hydrogens (primary N) is 1. The minimum atomic E-state index is 0.340.